The van der Waals surface area contributed by atoms with Crippen LogP contribution in [0.25, 0.3) is 0 Å². The molecule has 0 amide bonds. The first-order chi connectivity index (χ1) is 10.6. The Morgan fingerprint density at radius 3 is 2.43 bits per heavy atom. The van der Waals surface area contributed by atoms with Crippen LogP contribution in [0, 0.1) is 5.92 Å². The fourth-order valence-electron chi connectivity index (χ4n) is 1.49. The smallest absolute Gasteiger partial charge is 0.384 e. The molecular weight excluding hydrogens is 344 g/mol. The lowest BCUT2D eigenvalue weighted by Gasteiger charge is -2.17. The fourth-order valence-corrected chi connectivity index (χ4v) is 2.29. The number of benzene rings is 1. The number of carbonyl (C=O) groups excluding carboxylic acids is 1. The number of hydrogen-bond donors (Lipinski definition) is 1. The second kappa shape index (κ2) is 7.96. The molecule has 0 saturated carbocycles. The standard InChI is InChI=1S/C14H21ClN2O5S/c1-9(2)14(18)21-13-11(22-23(19,20)17(3)4)6-5-10(7-8-16)12(13)15/h5-6,9H,7-8,16H2,1-4H3. The number of nitrogens with zero attached hydrogens (tertiary/aromatic N) is 1. The van der Waals surface area contributed by atoms with E-state index in [1.54, 1.807) is 19.9 Å². The van der Waals surface area contributed by atoms with E-state index < -0.39 is 22.2 Å². The minimum Gasteiger partial charge on any atom is -0.421 e. The van der Waals surface area contributed by atoms with Gasteiger partial charge in [-0.05, 0) is 24.6 Å². The molecule has 0 radical (unpaired) electrons. The molecule has 0 aliphatic carbocycles. The number of ether oxygens (including phenoxy) is 1. The van der Waals surface area contributed by atoms with Crippen LogP contribution in [0.15, 0.2) is 12.1 Å². The van der Waals surface area contributed by atoms with E-state index in [1.807, 2.05) is 0 Å². The first-order valence-electron chi connectivity index (χ1n) is 6.95. The van der Waals surface area contributed by atoms with Crippen LogP contribution in [0.1, 0.15) is 19.4 Å². The maximum absolute atomic E-state index is 11.9. The highest BCUT2D eigenvalue weighted by molar-refractivity contribution is 7.84. The Hall–Kier alpha value is -1.35. The van der Waals surface area contributed by atoms with Crippen LogP contribution >= 0.6 is 11.6 Å². The Kier molecular flexibility index (Phi) is 6.82. The summed E-state index contributed by atoms with van der Waals surface area (Å²) in [4.78, 5) is 11.9. The van der Waals surface area contributed by atoms with E-state index in [0.717, 1.165) is 4.31 Å². The molecule has 2 N–H and O–H groups in total. The van der Waals surface area contributed by atoms with E-state index >= 15 is 0 Å². The van der Waals surface area contributed by atoms with Crippen molar-refractivity contribution in [1.29, 1.82) is 0 Å². The topological polar surface area (TPSA) is 98.9 Å². The van der Waals surface area contributed by atoms with E-state index in [4.69, 9.17) is 26.3 Å². The Labute approximate surface area is 141 Å². The fraction of sp³-hybridized carbons (Fsp3) is 0.500. The predicted octanol–water partition coefficient (Wildman–Crippen LogP) is 1.59. The number of hydrogen-bond acceptors (Lipinski definition) is 6. The van der Waals surface area contributed by atoms with Crippen molar-refractivity contribution < 1.29 is 22.1 Å². The predicted molar refractivity (Wildman–Crippen MR) is 87.9 cm³/mol. The van der Waals surface area contributed by atoms with Crippen molar-refractivity contribution in [2.45, 2.75) is 20.3 Å². The van der Waals surface area contributed by atoms with E-state index in [-0.39, 0.29) is 16.5 Å². The molecule has 1 aromatic carbocycles. The van der Waals surface area contributed by atoms with Gasteiger partial charge in [-0.25, -0.2) is 0 Å². The van der Waals surface area contributed by atoms with Crippen LogP contribution in [0.3, 0.4) is 0 Å². The molecule has 0 aliphatic rings. The SMILES string of the molecule is CC(C)C(=O)Oc1c(OS(=O)(=O)N(C)C)ccc(CCN)c1Cl. The molecule has 9 heteroatoms. The molecule has 0 aliphatic heterocycles. The molecule has 130 valence electrons. The second-order valence-electron chi connectivity index (χ2n) is 5.30. The van der Waals surface area contributed by atoms with E-state index in [2.05, 4.69) is 0 Å². The zero-order chi connectivity index (χ0) is 17.8. The molecule has 0 fully saturated rings. The number of esters is 1. The lowest BCUT2D eigenvalue weighted by molar-refractivity contribution is -0.137. The molecule has 0 atom stereocenters. The van der Waals surface area contributed by atoms with Gasteiger partial charge in [0.2, 0.25) is 0 Å². The second-order valence-corrected chi connectivity index (χ2v) is 7.43. The Morgan fingerprint density at radius 2 is 1.96 bits per heavy atom. The van der Waals surface area contributed by atoms with Crippen molar-refractivity contribution in [3.8, 4) is 11.5 Å². The van der Waals surface area contributed by atoms with Gasteiger partial charge >= 0.3 is 16.3 Å². The Balaban J connectivity index is 3.34. The molecule has 0 aromatic heterocycles. The van der Waals surface area contributed by atoms with Gasteiger partial charge in [-0.2, -0.15) is 12.7 Å². The molecule has 0 heterocycles. The van der Waals surface area contributed by atoms with Gasteiger partial charge in [0.15, 0.2) is 11.5 Å². The van der Waals surface area contributed by atoms with Crippen molar-refractivity contribution in [3.63, 3.8) is 0 Å². The summed E-state index contributed by atoms with van der Waals surface area (Å²) in [6.07, 6.45) is 0.450. The monoisotopic (exact) mass is 364 g/mol. The minimum atomic E-state index is -4.01. The van der Waals surface area contributed by atoms with Gasteiger partial charge in [-0.3, -0.25) is 4.79 Å². The van der Waals surface area contributed by atoms with Crippen molar-refractivity contribution in [2.24, 2.45) is 11.7 Å². The Morgan fingerprint density at radius 1 is 1.35 bits per heavy atom. The van der Waals surface area contributed by atoms with Crippen molar-refractivity contribution in [1.82, 2.24) is 4.31 Å². The molecule has 0 saturated heterocycles. The number of carbonyl (C=O) groups is 1. The third kappa shape index (κ3) is 5.07. The van der Waals surface area contributed by atoms with Crippen molar-refractivity contribution in [3.05, 3.63) is 22.7 Å². The largest absolute Gasteiger partial charge is 0.421 e. The lowest BCUT2D eigenvalue weighted by Crippen LogP contribution is -2.27. The van der Waals surface area contributed by atoms with Crippen molar-refractivity contribution in [2.75, 3.05) is 20.6 Å². The van der Waals surface area contributed by atoms with Gasteiger partial charge in [0.1, 0.15) is 0 Å². The van der Waals surface area contributed by atoms with E-state index in [9.17, 15) is 13.2 Å². The highest BCUT2D eigenvalue weighted by Gasteiger charge is 2.24. The van der Waals surface area contributed by atoms with Gasteiger partial charge < -0.3 is 14.7 Å². The van der Waals surface area contributed by atoms with Crippen LogP contribution in [0.4, 0.5) is 0 Å². The minimum absolute atomic E-state index is 0.107. The molecule has 7 nitrogen and oxygen atoms in total. The summed E-state index contributed by atoms with van der Waals surface area (Å²) in [6.45, 7) is 3.64. The molecule has 1 rings (SSSR count). The third-order valence-electron chi connectivity index (χ3n) is 2.87. The van der Waals surface area contributed by atoms with Gasteiger partial charge in [-0.1, -0.05) is 31.5 Å². The van der Waals surface area contributed by atoms with E-state index in [0.29, 0.717) is 18.5 Å². The molecular formula is C14H21ClN2O5S. The molecule has 0 unspecified atom stereocenters. The summed E-state index contributed by atoms with van der Waals surface area (Å²) in [5, 5.41) is 0.107. The first-order valence-corrected chi connectivity index (χ1v) is 8.69. The Bertz CT molecular complexity index is 674. The van der Waals surface area contributed by atoms with Crippen LogP contribution in [0.2, 0.25) is 5.02 Å². The molecule has 23 heavy (non-hydrogen) atoms. The molecule has 0 bridgehead atoms. The van der Waals surface area contributed by atoms with Gasteiger partial charge in [-0.15, -0.1) is 0 Å². The molecule has 1 aromatic rings. The highest BCUT2D eigenvalue weighted by Crippen LogP contribution is 2.39. The maximum atomic E-state index is 11.9. The van der Waals surface area contributed by atoms with Gasteiger partial charge in [0, 0.05) is 14.1 Å². The summed E-state index contributed by atoms with van der Waals surface area (Å²) in [7, 11) is -1.38. The van der Waals surface area contributed by atoms with E-state index in [1.165, 1.54) is 20.2 Å². The van der Waals surface area contributed by atoms with Crippen molar-refractivity contribution >= 4 is 27.9 Å². The number of nitrogens with two attached hydrogens (primary N) is 1. The van der Waals surface area contributed by atoms with Crippen LogP contribution < -0.4 is 14.7 Å². The quantitative estimate of drug-likeness (QED) is 0.582. The zero-order valence-corrected chi connectivity index (χ0v) is 15.1. The summed E-state index contributed by atoms with van der Waals surface area (Å²) in [5.41, 5.74) is 6.14. The van der Waals surface area contributed by atoms with Crippen LogP contribution in [-0.2, 0) is 21.5 Å². The average molecular weight is 365 g/mol. The highest BCUT2D eigenvalue weighted by atomic mass is 35.5. The van der Waals surface area contributed by atoms with Gasteiger partial charge in [0.05, 0.1) is 10.9 Å². The summed E-state index contributed by atoms with van der Waals surface area (Å²) in [6, 6.07) is 2.98. The van der Waals surface area contributed by atoms with Crippen LogP contribution in [-0.4, -0.2) is 39.3 Å². The number of rotatable bonds is 7. The first kappa shape index (κ1) is 19.7. The third-order valence-corrected chi connectivity index (χ3v) is 4.57. The average Bonchev–Trinajstić information content (AvgIpc) is 2.45. The summed E-state index contributed by atoms with van der Waals surface area (Å²) >= 11 is 6.23. The van der Waals surface area contributed by atoms with Gasteiger partial charge in [0.25, 0.3) is 0 Å². The number of halogens is 1. The summed E-state index contributed by atoms with van der Waals surface area (Å²) in [5.74, 6) is -1.24. The summed E-state index contributed by atoms with van der Waals surface area (Å²) < 4.78 is 34.9. The zero-order valence-electron chi connectivity index (χ0n) is 13.5. The maximum Gasteiger partial charge on any atom is 0.384 e. The molecule has 0 spiro atoms. The lowest BCUT2D eigenvalue weighted by atomic mass is 10.1. The van der Waals surface area contributed by atoms with Crippen LogP contribution in [0.5, 0.6) is 11.5 Å². The normalized spacial score (nSPS) is 11.8.